The van der Waals surface area contributed by atoms with Crippen molar-refractivity contribution in [3.05, 3.63) is 0 Å². The molecule has 36 valence electrons. The molecule has 1 atom stereocenters. The summed E-state index contributed by atoms with van der Waals surface area (Å²) in [4.78, 5) is 0. The average Bonchev–Trinajstić information content (AvgIpc) is 1.73. The lowest BCUT2D eigenvalue weighted by molar-refractivity contribution is 0.981. The van der Waals surface area contributed by atoms with Crippen molar-refractivity contribution in [3.8, 4) is 0 Å². The topological polar surface area (TPSA) is 0 Å². The van der Waals surface area contributed by atoms with Gasteiger partial charge in [0.15, 0.2) is 0 Å². The van der Waals surface area contributed by atoms with Gasteiger partial charge < -0.3 is 0 Å². The zero-order valence-corrected chi connectivity index (χ0v) is 6.71. The average molecular weight is 214 g/mol. The summed E-state index contributed by atoms with van der Waals surface area (Å²) in [5.41, 5.74) is 0. The summed E-state index contributed by atoms with van der Waals surface area (Å²) >= 11 is 6.94. The Hall–Kier alpha value is 0.960. The normalized spacial score (nSPS) is 39.5. The second-order valence-corrected chi connectivity index (χ2v) is 5.76. The highest BCUT2D eigenvalue weighted by atomic mass is 79.9. The van der Waals surface area contributed by atoms with Crippen LogP contribution in [0.25, 0.3) is 0 Å². The van der Waals surface area contributed by atoms with Crippen LogP contribution in [0.5, 0.6) is 0 Å². The number of alkyl halides is 2. The summed E-state index contributed by atoms with van der Waals surface area (Å²) in [6.07, 6.45) is 1.27. The maximum atomic E-state index is 3.47. The molecule has 1 aliphatic rings. The van der Waals surface area contributed by atoms with Crippen LogP contribution in [0, 0.1) is 5.92 Å². The molecule has 0 aromatic rings. The Labute approximate surface area is 54.6 Å². The number of halogens is 2. The Morgan fingerprint density at radius 1 is 1.67 bits per heavy atom. The third-order valence-electron chi connectivity index (χ3n) is 1.14. The van der Waals surface area contributed by atoms with Crippen LogP contribution in [0.1, 0.15) is 13.3 Å². The zero-order chi connectivity index (χ0) is 4.78. The maximum Gasteiger partial charge on any atom is 0.0835 e. The Morgan fingerprint density at radius 3 is 1.83 bits per heavy atom. The van der Waals surface area contributed by atoms with Gasteiger partial charge in [-0.05, 0) is 12.3 Å². The van der Waals surface area contributed by atoms with E-state index >= 15 is 0 Å². The number of rotatable bonds is 0. The van der Waals surface area contributed by atoms with E-state index in [1.165, 1.54) is 6.42 Å². The molecule has 2 heteroatoms. The molecule has 0 saturated heterocycles. The Bertz CT molecular complexity index is 67.9. The van der Waals surface area contributed by atoms with E-state index in [1.807, 2.05) is 0 Å². The van der Waals surface area contributed by atoms with Gasteiger partial charge in [0.2, 0.25) is 0 Å². The molecule has 0 aromatic carbocycles. The van der Waals surface area contributed by atoms with Gasteiger partial charge in [-0.1, -0.05) is 38.8 Å². The molecule has 0 radical (unpaired) electrons. The van der Waals surface area contributed by atoms with E-state index in [2.05, 4.69) is 38.8 Å². The highest BCUT2D eigenvalue weighted by molar-refractivity contribution is 9.25. The molecule has 0 bridgehead atoms. The third kappa shape index (κ3) is 0.784. The van der Waals surface area contributed by atoms with Crippen molar-refractivity contribution >= 4 is 31.9 Å². The summed E-state index contributed by atoms with van der Waals surface area (Å²) in [7, 11) is 0. The van der Waals surface area contributed by atoms with Crippen LogP contribution in [0.2, 0.25) is 0 Å². The molecular weight excluding hydrogens is 208 g/mol. The highest BCUT2D eigenvalue weighted by Gasteiger charge is 2.46. The smallest absolute Gasteiger partial charge is 0.0724 e. The molecule has 1 fully saturated rings. The molecular formula is C4H6Br2. The summed E-state index contributed by atoms with van der Waals surface area (Å²) in [6.45, 7) is 2.21. The molecule has 6 heavy (non-hydrogen) atoms. The molecule has 0 amide bonds. The van der Waals surface area contributed by atoms with Gasteiger partial charge >= 0.3 is 0 Å². The first kappa shape index (κ1) is 5.10. The lowest BCUT2D eigenvalue weighted by Gasteiger charge is -1.86. The van der Waals surface area contributed by atoms with E-state index in [9.17, 15) is 0 Å². The van der Waals surface area contributed by atoms with E-state index < -0.39 is 0 Å². The fourth-order valence-corrected chi connectivity index (χ4v) is 1.32. The minimum Gasteiger partial charge on any atom is -0.0724 e. The van der Waals surface area contributed by atoms with Gasteiger partial charge in [-0.3, -0.25) is 0 Å². The quantitative estimate of drug-likeness (QED) is 0.543. The minimum atomic E-state index is 0.333. The van der Waals surface area contributed by atoms with Crippen LogP contribution >= 0.6 is 31.9 Å². The Morgan fingerprint density at radius 2 is 1.83 bits per heavy atom. The van der Waals surface area contributed by atoms with Crippen molar-refractivity contribution in [1.29, 1.82) is 0 Å². The second-order valence-electron chi connectivity index (χ2n) is 1.87. The van der Waals surface area contributed by atoms with Gasteiger partial charge in [0.1, 0.15) is 0 Å². The predicted octanol–water partition coefficient (Wildman–Crippen LogP) is 2.51. The van der Waals surface area contributed by atoms with Crippen molar-refractivity contribution < 1.29 is 0 Å². The fraction of sp³-hybridized carbons (Fsp3) is 1.00. The summed E-state index contributed by atoms with van der Waals surface area (Å²) in [5.74, 6) is 0.831. The molecule has 0 aliphatic heterocycles. The molecule has 0 nitrogen and oxygen atoms in total. The highest BCUT2D eigenvalue weighted by Crippen LogP contribution is 2.55. The van der Waals surface area contributed by atoms with Gasteiger partial charge in [0.25, 0.3) is 0 Å². The molecule has 0 spiro atoms. The van der Waals surface area contributed by atoms with E-state index in [-0.39, 0.29) is 0 Å². The molecule has 0 heterocycles. The maximum absolute atomic E-state index is 3.47. The lowest BCUT2D eigenvalue weighted by atomic mass is 10.5. The van der Waals surface area contributed by atoms with Crippen LogP contribution < -0.4 is 0 Å². The number of hydrogen-bond donors (Lipinski definition) is 0. The van der Waals surface area contributed by atoms with Crippen LogP contribution in [-0.2, 0) is 0 Å². The van der Waals surface area contributed by atoms with Crippen molar-refractivity contribution in [2.24, 2.45) is 5.92 Å². The third-order valence-corrected chi connectivity index (χ3v) is 3.35. The van der Waals surface area contributed by atoms with Gasteiger partial charge in [-0.2, -0.15) is 0 Å². The van der Waals surface area contributed by atoms with E-state index in [1.54, 1.807) is 0 Å². The SMILES string of the molecule is CC1CC1(Br)Br. The Balaban J connectivity index is 2.41. The van der Waals surface area contributed by atoms with E-state index in [4.69, 9.17) is 0 Å². The van der Waals surface area contributed by atoms with Gasteiger partial charge in [0, 0.05) is 0 Å². The van der Waals surface area contributed by atoms with Crippen molar-refractivity contribution in [2.75, 3.05) is 0 Å². The molecule has 1 saturated carbocycles. The van der Waals surface area contributed by atoms with E-state index in [0.29, 0.717) is 3.23 Å². The van der Waals surface area contributed by atoms with E-state index in [0.717, 1.165) is 5.92 Å². The van der Waals surface area contributed by atoms with Crippen molar-refractivity contribution in [2.45, 2.75) is 16.6 Å². The van der Waals surface area contributed by atoms with Crippen LogP contribution in [0.15, 0.2) is 0 Å². The number of hydrogen-bond acceptors (Lipinski definition) is 0. The molecule has 1 rings (SSSR count). The van der Waals surface area contributed by atoms with Crippen LogP contribution in [0.3, 0.4) is 0 Å². The van der Waals surface area contributed by atoms with Gasteiger partial charge in [0.05, 0.1) is 3.23 Å². The fourth-order valence-electron chi connectivity index (χ4n) is 0.349. The first-order valence-corrected chi connectivity index (χ1v) is 3.59. The molecule has 0 aromatic heterocycles. The standard InChI is InChI=1S/C4H6Br2/c1-3-2-4(3,5)6/h3H,2H2,1H3. The van der Waals surface area contributed by atoms with Gasteiger partial charge in [-0.15, -0.1) is 0 Å². The molecule has 1 aliphatic carbocycles. The molecule has 0 N–H and O–H groups in total. The summed E-state index contributed by atoms with van der Waals surface area (Å²) in [6, 6.07) is 0. The predicted molar refractivity (Wildman–Crippen MR) is 34.4 cm³/mol. The first-order chi connectivity index (χ1) is 2.63. The largest absolute Gasteiger partial charge is 0.0835 e. The van der Waals surface area contributed by atoms with Gasteiger partial charge in [-0.25, -0.2) is 0 Å². The minimum absolute atomic E-state index is 0.333. The van der Waals surface area contributed by atoms with Crippen LogP contribution in [-0.4, -0.2) is 3.23 Å². The lowest BCUT2D eigenvalue weighted by Crippen LogP contribution is -1.79. The first-order valence-electron chi connectivity index (χ1n) is 2.01. The second kappa shape index (κ2) is 1.22. The van der Waals surface area contributed by atoms with Crippen molar-refractivity contribution in [1.82, 2.24) is 0 Å². The zero-order valence-electron chi connectivity index (χ0n) is 3.54. The van der Waals surface area contributed by atoms with Crippen molar-refractivity contribution in [3.63, 3.8) is 0 Å². The molecule has 1 unspecified atom stereocenters. The Kier molecular flexibility index (Phi) is 1.04. The van der Waals surface area contributed by atoms with Crippen LogP contribution in [0.4, 0.5) is 0 Å². The summed E-state index contributed by atoms with van der Waals surface area (Å²) < 4.78 is 0.333. The monoisotopic (exact) mass is 212 g/mol. The summed E-state index contributed by atoms with van der Waals surface area (Å²) in [5, 5.41) is 0.